The summed E-state index contributed by atoms with van der Waals surface area (Å²) in [4.78, 5) is 0. The molecule has 2 unspecified atom stereocenters. The van der Waals surface area contributed by atoms with Crippen molar-refractivity contribution < 1.29 is 14.6 Å². The first-order valence-electron chi connectivity index (χ1n) is 6.42. The largest absolute Gasteiger partial charge is 0.486 e. The van der Waals surface area contributed by atoms with Crippen LogP contribution in [-0.2, 0) is 5.60 Å². The lowest BCUT2D eigenvalue weighted by atomic mass is 9.98. The molecule has 0 spiro atoms. The first-order valence-corrected chi connectivity index (χ1v) is 6.42. The van der Waals surface area contributed by atoms with E-state index < -0.39 is 5.60 Å². The fourth-order valence-corrected chi connectivity index (χ4v) is 3.64. The molecule has 1 N–H and O–H groups in total. The SMILES string of the molecule is OC1(c2ccc3c(c2)OCCO3)C2CCCC21. The summed E-state index contributed by atoms with van der Waals surface area (Å²) in [5, 5.41) is 10.7. The molecule has 0 saturated heterocycles. The summed E-state index contributed by atoms with van der Waals surface area (Å²) in [6.07, 6.45) is 3.59. The summed E-state index contributed by atoms with van der Waals surface area (Å²) in [6.45, 7) is 1.21. The second kappa shape index (κ2) is 3.16. The van der Waals surface area contributed by atoms with E-state index in [-0.39, 0.29) is 0 Å². The molecular formula is C14H16O3. The van der Waals surface area contributed by atoms with Gasteiger partial charge in [-0.3, -0.25) is 0 Å². The van der Waals surface area contributed by atoms with Crippen LogP contribution in [0, 0.1) is 11.8 Å². The van der Waals surface area contributed by atoms with Gasteiger partial charge in [0.25, 0.3) is 0 Å². The van der Waals surface area contributed by atoms with Crippen LogP contribution in [-0.4, -0.2) is 18.3 Å². The third-order valence-electron chi connectivity index (χ3n) is 4.54. The third-order valence-corrected chi connectivity index (χ3v) is 4.54. The minimum absolute atomic E-state index is 0.477. The highest BCUT2D eigenvalue weighted by Crippen LogP contribution is 2.66. The van der Waals surface area contributed by atoms with Gasteiger partial charge in [-0.15, -0.1) is 0 Å². The second-order valence-corrected chi connectivity index (χ2v) is 5.33. The van der Waals surface area contributed by atoms with E-state index >= 15 is 0 Å². The number of rotatable bonds is 1. The van der Waals surface area contributed by atoms with Crippen molar-refractivity contribution in [2.75, 3.05) is 13.2 Å². The molecule has 3 nitrogen and oxygen atoms in total. The number of fused-ring (bicyclic) bond motifs is 2. The Morgan fingerprint density at radius 3 is 2.53 bits per heavy atom. The van der Waals surface area contributed by atoms with Crippen molar-refractivity contribution in [1.82, 2.24) is 0 Å². The molecule has 2 saturated carbocycles. The maximum Gasteiger partial charge on any atom is 0.161 e. The molecule has 17 heavy (non-hydrogen) atoms. The predicted octanol–water partition coefficient (Wildman–Crippen LogP) is 2.08. The zero-order valence-corrected chi connectivity index (χ0v) is 9.69. The monoisotopic (exact) mass is 232 g/mol. The van der Waals surface area contributed by atoms with Gasteiger partial charge in [-0.2, -0.15) is 0 Å². The molecular weight excluding hydrogens is 216 g/mol. The quantitative estimate of drug-likeness (QED) is 0.805. The van der Waals surface area contributed by atoms with Crippen molar-refractivity contribution in [3.05, 3.63) is 23.8 Å². The number of aliphatic hydroxyl groups is 1. The van der Waals surface area contributed by atoms with Crippen LogP contribution < -0.4 is 9.47 Å². The van der Waals surface area contributed by atoms with Gasteiger partial charge < -0.3 is 14.6 Å². The van der Waals surface area contributed by atoms with Crippen LogP contribution in [0.15, 0.2) is 18.2 Å². The number of ether oxygens (including phenoxy) is 2. The van der Waals surface area contributed by atoms with Gasteiger partial charge in [0, 0.05) is 0 Å². The average Bonchev–Trinajstić information content (AvgIpc) is 2.79. The molecule has 2 fully saturated rings. The maximum absolute atomic E-state index is 10.7. The fourth-order valence-electron chi connectivity index (χ4n) is 3.64. The Kier molecular flexibility index (Phi) is 1.82. The van der Waals surface area contributed by atoms with Crippen LogP contribution in [0.2, 0.25) is 0 Å². The van der Waals surface area contributed by atoms with Crippen molar-refractivity contribution in [2.45, 2.75) is 24.9 Å². The number of benzene rings is 1. The molecule has 0 bridgehead atoms. The molecule has 0 aromatic heterocycles. The van der Waals surface area contributed by atoms with E-state index in [0.29, 0.717) is 25.0 Å². The van der Waals surface area contributed by atoms with Gasteiger partial charge in [-0.05, 0) is 42.4 Å². The molecule has 0 radical (unpaired) electrons. The van der Waals surface area contributed by atoms with Crippen LogP contribution in [0.25, 0.3) is 0 Å². The zero-order chi connectivity index (χ0) is 11.5. The highest BCUT2D eigenvalue weighted by molar-refractivity contribution is 5.48. The normalized spacial score (nSPS) is 37.7. The van der Waals surface area contributed by atoms with Crippen molar-refractivity contribution in [1.29, 1.82) is 0 Å². The number of hydrogen-bond acceptors (Lipinski definition) is 3. The topological polar surface area (TPSA) is 38.7 Å². The molecule has 3 aliphatic rings. The van der Waals surface area contributed by atoms with Gasteiger partial charge in [0.15, 0.2) is 11.5 Å². The van der Waals surface area contributed by atoms with Crippen molar-refractivity contribution in [3.8, 4) is 11.5 Å². The van der Waals surface area contributed by atoms with E-state index in [0.717, 1.165) is 29.9 Å². The Bertz CT molecular complexity index is 459. The van der Waals surface area contributed by atoms with Gasteiger partial charge in [-0.25, -0.2) is 0 Å². The van der Waals surface area contributed by atoms with Gasteiger partial charge in [0.1, 0.15) is 13.2 Å². The fraction of sp³-hybridized carbons (Fsp3) is 0.571. The second-order valence-electron chi connectivity index (χ2n) is 5.33. The van der Waals surface area contributed by atoms with Crippen LogP contribution in [0.3, 0.4) is 0 Å². The molecule has 1 heterocycles. The minimum atomic E-state index is -0.575. The Morgan fingerprint density at radius 2 is 1.76 bits per heavy atom. The van der Waals surface area contributed by atoms with Gasteiger partial charge in [0.2, 0.25) is 0 Å². The molecule has 0 amide bonds. The van der Waals surface area contributed by atoms with Gasteiger partial charge >= 0.3 is 0 Å². The molecule has 2 aliphatic carbocycles. The first kappa shape index (κ1) is 9.77. The first-order chi connectivity index (χ1) is 8.30. The van der Waals surface area contributed by atoms with E-state index in [2.05, 4.69) is 0 Å². The Hall–Kier alpha value is -1.22. The van der Waals surface area contributed by atoms with E-state index in [9.17, 15) is 5.11 Å². The van der Waals surface area contributed by atoms with E-state index in [1.165, 1.54) is 6.42 Å². The van der Waals surface area contributed by atoms with Gasteiger partial charge in [0.05, 0.1) is 5.60 Å². The summed E-state index contributed by atoms with van der Waals surface area (Å²) in [7, 11) is 0. The van der Waals surface area contributed by atoms with Crippen molar-refractivity contribution in [2.24, 2.45) is 11.8 Å². The molecule has 2 atom stereocenters. The maximum atomic E-state index is 10.7. The summed E-state index contributed by atoms with van der Waals surface area (Å²) in [6, 6.07) is 5.88. The van der Waals surface area contributed by atoms with Crippen LogP contribution >= 0.6 is 0 Å². The molecule has 1 aliphatic heterocycles. The molecule has 90 valence electrons. The average molecular weight is 232 g/mol. The van der Waals surface area contributed by atoms with Crippen LogP contribution in [0.1, 0.15) is 24.8 Å². The van der Waals surface area contributed by atoms with E-state index in [4.69, 9.17) is 9.47 Å². The van der Waals surface area contributed by atoms with Crippen LogP contribution in [0.5, 0.6) is 11.5 Å². The Balaban J connectivity index is 1.71. The van der Waals surface area contributed by atoms with Crippen molar-refractivity contribution >= 4 is 0 Å². The highest BCUT2D eigenvalue weighted by Gasteiger charge is 2.66. The minimum Gasteiger partial charge on any atom is -0.486 e. The zero-order valence-electron chi connectivity index (χ0n) is 9.69. The predicted molar refractivity (Wildman–Crippen MR) is 62.2 cm³/mol. The van der Waals surface area contributed by atoms with E-state index in [1.54, 1.807) is 0 Å². The van der Waals surface area contributed by atoms with Gasteiger partial charge in [-0.1, -0.05) is 12.5 Å². The smallest absolute Gasteiger partial charge is 0.161 e. The molecule has 1 aromatic rings. The van der Waals surface area contributed by atoms with E-state index in [1.807, 2.05) is 18.2 Å². The summed E-state index contributed by atoms with van der Waals surface area (Å²) in [5.74, 6) is 2.54. The lowest BCUT2D eigenvalue weighted by Gasteiger charge is -2.21. The summed E-state index contributed by atoms with van der Waals surface area (Å²) < 4.78 is 11.1. The molecule has 1 aromatic carbocycles. The van der Waals surface area contributed by atoms with Crippen molar-refractivity contribution in [3.63, 3.8) is 0 Å². The third kappa shape index (κ3) is 1.20. The molecule has 4 rings (SSSR count). The summed E-state index contributed by atoms with van der Waals surface area (Å²) >= 11 is 0. The lowest BCUT2D eigenvalue weighted by Crippen LogP contribution is -2.17. The standard InChI is InChI=1S/C14H16O3/c15-14(10-2-1-3-11(10)14)9-4-5-12-13(8-9)17-7-6-16-12/h4-5,8,10-11,15H,1-3,6-7H2. The summed E-state index contributed by atoms with van der Waals surface area (Å²) in [5.41, 5.74) is 0.435. The highest BCUT2D eigenvalue weighted by atomic mass is 16.6. The number of hydrogen-bond donors (Lipinski definition) is 1. The van der Waals surface area contributed by atoms with Crippen LogP contribution in [0.4, 0.5) is 0 Å². The lowest BCUT2D eigenvalue weighted by molar-refractivity contribution is 0.104. The Labute approximate surface area is 100 Å². The Morgan fingerprint density at radius 1 is 1.06 bits per heavy atom. The molecule has 3 heteroatoms.